The SMILES string of the molecule is CCCC(=O)N1CCCC(C(=O)NC(CCC)C(=O)O)C1. The van der Waals surface area contributed by atoms with Crippen LogP contribution in [-0.4, -0.2) is 46.9 Å². The minimum Gasteiger partial charge on any atom is -0.480 e. The smallest absolute Gasteiger partial charge is 0.326 e. The van der Waals surface area contributed by atoms with E-state index in [2.05, 4.69) is 5.32 Å². The fourth-order valence-corrected chi connectivity index (χ4v) is 2.63. The molecule has 1 aliphatic heterocycles. The number of carbonyl (C=O) groups is 3. The molecule has 0 aromatic rings. The molecule has 21 heavy (non-hydrogen) atoms. The summed E-state index contributed by atoms with van der Waals surface area (Å²) in [5, 5.41) is 11.7. The van der Waals surface area contributed by atoms with E-state index in [0.717, 1.165) is 12.8 Å². The van der Waals surface area contributed by atoms with Crippen molar-refractivity contribution in [2.24, 2.45) is 5.92 Å². The molecule has 1 aliphatic rings. The van der Waals surface area contributed by atoms with Crippen LogP contribution in [0.1, 0.15) is 52.4 Å². The van der Waals surface area contributed by atoms with Gasteiger partial charge in [-0.25, -0.2) is 4.79 Å². The van der Waals surface area contributed by atoms with Crippen LogP contribution >= 0.6 is 0 Å². The molecule has 120 valence electrons. The molecule has 2 atom stereocenters. The fourth-order valence-electron chi connectivity index (χ4n) is 2.63. The Balaban J connectivity index is 2.56. The highest BCUT2D eigenvalue weighted by Crippen LogP contribution is 2.18. The van der Waals surface area contributed by atoms with Gasteiger partial charge in [-0.15, -0.1) is 0 Å². The molecule has 0 radical (unpaired) electrons. The molecule has 0 aromatic carbocycles. The van der Waals surface area contributed by atoms with Crippen LogP contribution in [0.4, 0.5) is 0 Å². The Morgan fingerprint density at radius 1 is 1.29 bits per heavy atom. The highest BCUT2D eigenvalue weighted by molar-refractivity contribution is 5.85. The van der Waals surface area contributed by atoms with Gasteiger partial charge in [0.1, 0.15) is 6.04 Å². The predicted molar refractivity (Wildman–Crippen MR) is 78.7 cm³/mol. The van der Waals surface area contributed by atoms with Crippen molar-refractivity contribution in [3.05, 3.63) is 0 Å². The zero-order valence-corrected chi connectivity index (χ0v) is 12.9. The molecule has 0 saturated carbocycles. The number of carboxylic acids is 1. The number of nitrogens with one attached hydrogen (secondary N) is 1. The van der Waals surface area contributed by atoms with Crippen LogP contribution in [0.25, 0.3) is 0 Å². The molecule has 2 amide bonds. The normalized spacial score (nSPS) is 19.9. The third kappa shape index (κ3) is 5.36. The third-order valence-electron chi connectivity index (χ3n) is 3.80. The number of hydrogen-bond donors (Lipinski definition) is 2. The Hall–Kier alpha value is -1.59. The highest BCUT2D eigenvalue weighted by atomic mass is 16.4. The molecule has 6 nitrogen and oxygen atoms in total. The van der Waals surface area contributed by atoms with E-state index >= 15 is 0 Å². The molecule has 1 saturated heterocycles. The van der Waals surface area contributed by atoms with E-state index in [9.17, 15) is 14.4 Å². The maximum absolute atomic E-state index is 12.2. The van der Waals surface area contributed by atoms with Crippen molar-refractivity contribution in [3.8, 4) is 0 Å². The fraction of sp³-hybridized carbons (Fsp3) is 0.800. The van der Waals surface area contributed by atoms with Crippen molar-refractivity contribution >= 4 is 17.8 Å². The van der Waals surface area contributed by atoms with E-state index in [4.69, 9.17) is 5.11 Å². The van der Waals surface area contributed by atoms with Crippen molar-refractivity contribution in [3.63, 3.8) is 0 Å². The summed E-state index contributed by atoms with van der Waals surface area (Å²) in [6, 6.07) is -0.829. The summed E-state index contributed by atoms with van der Waals surface area (Å²) in [6.07, 6.45) is 3.92. The minimum atomic E-state index is -1.00. The topological polar surface area (TPSA) is 86.7 Å². The third-order valence-corrected chi connectivity index (χ3v) is 3.80. The molecular weight excluding hydrogens is 272 g/mol. The molecule has 2 unspecified atom stereocenters. The zero-order valence-electron chi connectivity index (χ0n) is 12.9. The van der Waals surface area contributed by atoms with Crippen molar-refractivity contribution in [2.45, 2.75) is 58.4 Å². The Morgan fingerprint density at radius 3 is 2.57 bits per heavy atom. The van der Waals surface area contributed by atoms with Crippen molar-refractivity contribution in [1.82, 2.24) is 10.2 Å². The summed E-state index contributed by atoms with van der Waals surface area (Å²) in [6.45, 7) is 4.94. The van der Waals surface area contributed by atoms with E-state index in [-0.39, 0.29) is 17.7 Å². The van der Waals surface area contributed by atoms with Gasteiger partial charge in [-0.05, 0) is 25.7 Å². The first-order chi connectivity index (χ1) is 9.99. The van der Waals surface area contributed by atoms with E-state index in [1.54, 1.807) is 4.90 Å². The maximum atomic E-state index is 12.2. The largest absolute Gasteiger partial charge is 0.480 e. The number of carboxylic acid groups (broad SMARTS) is 1. The number of aliphatic carboxylic acids is 1. The average molecular weight is 298 g/mol. The van der Waals surface area contributed by atoms with Gasteiger partial charge in [0, 0.05) is 19.5 Å². The van der Waals surface area contributed by atoms with Gasteiger partial charge in [-0.3, -0.25) is 9.59 Å². The average Bonchev–Trinajstić information content (AvgIpc) is 2.47. The Labute approximate surface area is 125 Å². The molecule has 0 aliphatic carbocycles. The first-order valence-corrected chi connectivity index (χ1v) is 7.80. The molecule has 1 heterocycles. The summed E-state index contributed by atoms with van der Waals surface area (Å²) in [4.78, 5) is 36.9. The summed E-state index contributed by atoms with van der Waals surface area (Å²) in [7, 11) is 0. The standard InChI is InChI=1S/C15H26N2O4/c1-3-6-12(15(20)21)16-14(19)11-8-5-9-17(10-11)13(18)7-4-2/h11-12H,3-10H2,1-2H3,(H,16,19)(H,20,21). The van der Waals surface area contributed by atoms with Crippen LogP contribution in [0, 0.1) is 5.92 Å². The highest BCUT2D eigenvalue weighted by Gasteiger charge is 2.30. The second-order valence-electron chi connectivity index (χ2n) is 5.62. The van der Waals surface area contributed by atoms with Gasteiger partial charge in [0.05, 0.1) is 5.92 Å². The van der Waals surface area contributed by atoms with Crippen LogP contribution < -0.4 is 5.32 Å². The number of rotatable bonds is 7. The predicted octanol–water partition coefficient (Wildman–Crippen LogP) is 1.39. The Morgan fingerprint density at radius 2 is 2.00 bits per heavy atom. The second-order valence-corrected chi connectivity index (χ2v) is 5.62. The number of hydrogen-bond acceptors (Lipinski definition) is 3. The maximum Gasteiger partial charge on any atom is 0.326 e. The lowest BCUT2D eigenvalue weighted by Gasteiger charge is -2.32. The van der Waals surface area contributed by atoms with Gasteiger partial charge in [-0.1, -0.05) is 20.3 Å². The summed E-state index contributed by atoms with van der Waals surface area (Å²) in [5.41, 5.74) is 0. The number of amides is 2. The molecule has 6 heteroatoms. The lowest BCUT2D eigenvalue weighted by molar-refractivity contribution is -0.144. The molecule has 1 rings (SSSR count). The molecule has 0 bridgehead atoms. The molecule has 0 spiro atoms. The van der Waals surface area contributed by atoms with E-state index < -0.39 is 12.0 Å². The first-order valence-electron chi connectivity index (χ1n) is 7.80. The van der Waals surface area contributed by atoms with E-state index in [0.29, 0.717) is 38.8 Å². The molecule has 0 aromatic heterocycles. The van der Waals surface area contributed by atoms with Crippen LogP contribution in [0.15, 0.2) is 0 Å². The molecular formula is C15H26N2O4. The first kappa shape index (κ1) is 17.5. The summed E-state index contributed by atoms with van der Waals surface area (Å²) >= 11 is 0. The number of piperidine rings is 1. The quantitative estimate of drug-likeness (QED) is 0.743. The minimum absolute atomic E-state index is 0.0818. The van der Waals surface area contributed by atoms with Crippen LogP contribution in [0.3, 0.4) is 0 Å². The van der Waals surface area contributed by atoms with Gasteiger partial charge in [0.15, 0.2) is 0 Å². The van der Waals surface area contributed by atoms with Gasteiger partial charge < -0.3 is 15.3 Å². The lowest BCUT2D eigenvalue weighted by Crippen LogP contribution is -2.49. The van der Waals surface area contributed by atoms with Crippen LogP contribution in [-0.2, 0) is 14.4 Å². The van der Waals surface area contributed by atoms with Gasteiger partial charge >= 0.3 is 5.97 Å². The van der Waals surface area contributed by atoms with E-state index in [1.807, 2.05) is 13.8 Å². The van der Waals surface area contributed by atoms with E-state index in [1.165, 1.54) is 0 Å². The van der Waals surface area contributed by atoms with Crippen molar-refractivity contribution < 1.29 is 19.5 Å². The monoisotopic (exact) mass is 298 g/mol. The van der Waals surface area contributed by atoms with Gasteiger partial charge in [0.2, 0.25) is 11.8 Å². The van der Waals surface area contributed by atoms with Gasteiger partial charge in [0.25, 0.3) is 0 Å². The molecule has 1 fully saturated rings. The lowest BCUT2D eigenvalue weighted by atomic mass is 9.96. The number of nitrogens with zero attached hydrogens (tertiary/aromatic N) is 1. The van der Waals surface area contributed by atoms with Crippen molar-refractivity contribution in [1.29, 1.82) is 0 Å². The molecule has 2 N–H and O–H groups in total. The Bertz CT molecular complexity index is 384. The van der Waals surface area contributed by atoms with Gasteiger partial charge in [-0.2, -0.15) is 0 Å². The van der Waals surface area contributed by atoms with Crippen molar-refractivity contribution in [2.75, 3.05) is 13.1 Å². The number of likely N-dealkylation sites (tertiary alicyclic amines) is 1. The Kier molecular flexibility index (Phi) is 7.19. The second kappa shape index (κ2) is 8.64. The van der Waals surface area contributed by atoms with Crippen LogP contribution in [0.2, 0.25) is 0 Å². The summed E-state index contributed by atoms with van der Waals surface area (Å²) < 4.78 is 0. The zero-order chi connectivity index (χ0) is 15.8. The summed E-state index contributed by atoms with van der Waals surface area (Å²) in [5.74, 6) is -1.46. The van der Waals surface area contributed by atoms with Crippen LogP contribution in [0.5, 0.6) is 0 Å². The number of carbonyl (C=O) groups excluding carboxylic acids is 2.